The summed E-state index contributed by atoms with van der Waals surface area (Å²) in [5.41, 5.74) is 2.53. The molecule has 0 saturated carbocycles. The van der Waals surface area contributed by atoms with E-state index in [0.717, 1.165) is 17.0 Å². The molecule has 1 aromatic heterocycles. The molecule has 31 heavy (non-hydrogen) atoms. The van der Waals surface area contributed by atoms with Crippen molar-refractivity contribution in [2.75, 3.05) is 6.54 Å². The molecule has 1 aromatic carbocycles. The second-order valence-corrected chi connectivity index (χ2v) is 9.66. The Morgan fingerprint density at radius 2 is 1.71 bits per heavy atom. The number of rotatable bonds is 7. The van der Waals surface area contributed by atoms with Crippen LogP contribution in [0, 0.1) is 19.8 Å². The minimum atomic E-state index is -0.629. The van der Waals surface area contributed by atoms with E-state index in [-0.39, 0.29) is 18.4 Å². The van der Waals surface area contributed by atoms with Gasteiger partial charge in [0.05, 0.1) is 17.8 Å². The second kappa shape index (κ2) is 9.54. The molecular weight excluding hydrogens is 392 g/mol. The monoisotopic (exact) mass is 428 g/mol. The van der Waals surface area contributed by atoms with Crippen molar-refractivity contribution in [1.82, 2.24) is 20.4 Å². The number of hydrogen-bond acceptors (Lipinski definition) is 4. The standard InChI is InChI=1S/C24H36N4O3/c1-16(2)24(8,15-25-22(30)31-23(5,6)7)26-21(29)20-11-9-19(10-12-20)14-28-18(4)13-17(3)27-28/h9-13,16H,14-15H2,1-8H3,(H,25,30)(H,26,29). The van der Waals surface area contributed by atoms with Gasteiger partial charge in [0.15, 0.2) is 0 Å². The van der Waals surface area contributed by atoms with Crippen molar-refractivity contribution in [1.29, 1.82) is 0 Å². The average molecular weight is 429 g/mol. The number of alkyl carbamates (subject to hydrolysis) is 1. The molecule has 7 nitrogen and oxygen atoms in total. The van der Waals surface area contributed by atoms with Crippen LogP contribution < -0.4 is 10.6 Å². The maximum atomic E-state index is 12.9. The van der Waals surface area contributed by atoms with Crippen LogP contribution in [0.1, 0.15) is 68.9 Å². The van der Waals surface area contributed by atoms with Crippen LogP contribution in [-0.4, -0.2) is 39.5 Å². The third-order valence-corrected chi connectivity index (χ3v) is 5.32. The molecule has 0 aliphatic heterocycles. The van der Waals surface area contributed by atoms with Gasteiger partial charge in [0.1, 0.15) is 5.60 Å². The quantitative estimate of drug-likeness (QED) is 0.691. The Bertz CT molecular complexity index is 910. The van der Waals surface area contributed by atoms with E-state index in [1.54, 1.807) is 0 Å². The van der Waals surface area contributed by atoms with Crippen LogP contribution in [0.25, 0.3) is 0 Å². The van der Waals surface area contributed by atoms with Gasteiger partial charge in [-0.25, -0.2) is 4.79 Å². The van der Waals surface area contributed by atoms with Crippen LogP contribution in [0.15, 0.2) is 30.3 Å². The van der Waals surface area contributed by atoms with Crippen molar-refractivity contribution in [2.45, 2.75) is 73.1 Å². The summed E-state index contributed by atoms with van der Waals surface area (Å²) in [7, 11) is 0. The van der Waals surface area contributed by atoms with Gasteiger partial charge >= 0.3 is 6.09 Å². The van der Waals surface area contributed by atoms with E-state index < -0.39 is 17.2 Å². The van der Waals surface area contributed by atoms with Crippen LogP contribution in [-0.2, 0) is 11.3 Å². The number of nitrogens with zero attached hydrogens (tertiary/aromatic N) is 2. The van der Waals surface area contributed by atoms with Crippen molar-refractivity contribution in [3.63, 3.8) is 0 Å². The van der Waals surface area contributed by atoms with E-state index >= 15 is 0 Å². The fourth-order valence-corrected chi connectivity index (χ4v) is 3.06. The van der Waals surface area contributed by atoms with Crippen LogP contribution in [0.2, 0.25) is 0 Å². The lowest BCUT2D eigenvalue weighted by Gasteiger charge is -2.35. The first kappa shape index (κ1) is 24.4. The molecule has 0 spiro atoms. The molecule has 2 aromatic rings. The Morgan fingerprint density at radius 1 is 1.10 bits per heavy atom. The summed E-state index contributed by atoms with van der Waals surface area (Å²) in [6, 6.07) is 9.56. The summed E-state index contributed by atoms with van der Waals surface area (Å²) in [6.45, 7) is 16.3. The zero-order chi connectivity index (χ0) is 23.4. The first-order chi connectivity index (χ1) is 14.3. The number of nitrogens with one attached hydrogen (secondary N) is 2. The number of benzene rings is 1. The topological polar surface area (TPSA) is 85.2 Å². The molecule has 1 heterocycles. The zero-order valence-electron chi connectivity index (χ0n) is 20.0. The molecule has 0 fully saturated rings. The number of amides is 2. The van der Waals surface area contributed by atoms with Crippen LogP contribution in [0.3, 0.4) is 0 Å². The van der Waals surface area contributed by atoms with Gasteiger partial charge in [-0.2, -0.15) is 5.10 Å². The van der Waals surface area contributed by atoms with E-state index in [1.165, 1.54) is 0 Å². The summed E-state index contributed by atoms with van der Waals surface area (Å²) >= 11 is 0. The van der Waals surface area contributed by atoms with Crippen molar-refractivity contribution in [3.05, 3.63) is 52.8 Å². The molecule has 0 radical (unpaired) electrons. The van der Waals surface area contributed by atoms with Gasteiger partial charge in [-0.3, -0.25) is 9.48 Å². The fourth-order valence-electron chi connectivity index (χ4n) is 3.06. The van der Waals surface area contributed by atoms with Crippen molar-refractivity contribution < 1.29 is 14.3 Å². The van der Waals surface area contributed by atoms with Crippen molar-refractivity contribution in [3.8, 4) is 0 Å². The van der Waals surface area contributed by atoms with Gasteiger partial charge < -0.3 is 15.4 Å². The first-order valence-electron chi connectivity index (χ1n) is 10.7. The lowest BCUT2D eigenvalue weighted by molar-refractivity contribution is 0.0497. The van der Waals surface area contributed by atoms with E-state index in [2.05, 4.69) is 15.7 Å². The maximum absolute atomic E-state index is 12.9. The molecule has 2 N–H and O–H groups in total. The predicted molar refractivity (Wildman–Crippen MR) is 122 cm³/mol. The Balaban J connectivity index is 2.03. The smallest absolute Gasteiger partial charge is 0.407 e. The van der Waals surface area contributed by atoms with E-state index in [0.29, 0.717) is 12.1 Å². The molecule has 2 rings (SSSR count). The summed E-state index contributed by atoms with van der Waals surface area (Å²) in [5.74, 6) is -0.0865. The highest BCUT2D eigenvalue weighted by Crippen LogP contribution is 2.18. The molecule has 7 heteroatoms. The number of ether oxygens (including phenoxy) is 1. The van der Waals surface area contributed by atoms with Gasteiger partial charge in [-0.05, 0) is 71.2 Å². The highest BCUT2D eigenvalue weighted by atomic mass is 16.6. The predicted octanol–water partition coefficient (Wildman–Crippen LogP) is 4.22. The molecule has 0 saturated heterocycles. The third kappa shape index (κ3) is 7.12. The molecule has 1 unspecified atom stereocenters. The summed E-state index contributed by atoms with van der Waals surface area (Å²) in [6.07, 6.45) is -0.498. The fraction of sp³-hybridized carbons (Fsp3) is 0.542. The van der Waals surface area contributed by atoms with Gasteiger partial charge in [0, 0.05) is 17.8 Å². The third-order valence-electron chi connectivity index (χ3n) is 5.32. The van der Waals surface area contributed by atoms with Crippen LogP contribution in [0.4, 0.5) is 4.79 Å². The molecule has 1 atom stereocenters. The van der Waals surface area contributed by atoms with Gasteiger partial charge in [-0.1, -0.05) is 26.0 Å². The number of carbonyl (C=O) groups excluding carboxylic acids is 2. The molecule has 0 aliphatic carbocycles. The normalized spacial score (nSPS) is 13.6. The summed E-state index contributed by atoms with van der Waals surface area (Å²) in [4.78, 5) is 24.9. The highest BCUT2D eigenvalue weighted by Gasteiger charge is 2.31. The van der Waals surface area contributed by atoms with Crippen LogP contribution in [0.5, 0.6) is 0 Å². The van der Waals surface area contributed by atoms with Crippen molar-refractivity contribution >= 4 is 12.0 Å². The van der Waals surface area contributed by atoms with E-state index in [4.69, 9.17) is 4.74 Å². The first-order valence-corrected chi connectivity index (χ1v) is 10.7. The molecule has 0 aliphatic rings. The van der Waals surface area contributed by atoms with E-state index in [1.807, 2.05) is 90.4 Å². The molecule has 170 valence electrons. The van der Waals surface area contributed by atoms with Gasteiger partial charge in [0.25, 0.3) is 5.91 Å². The minimum absolute atomic E-state index is 0.0942. The second-order valence-electron chi connectivity index (χ2n) is 9.66. The maximum Gasteiger partial charge on any atom is 0.407 e. The summed E-state index contributed by atoms with van der Waals surface area (Å²) in [5, 5.41) is 10.3. The molecule has 2 amide bonds. The Morgan fingerprint density at radius 3 is 2.19 bits per heavy atom. The van der Waals surface area contributed by atoms with Crippen LogP contribution >= 0.6 is 0 Å². The lowest BCUT2D eigenvalue weighted by Crippen LogP contribution is -2.57. The number of aromatic nitrogens is 2. The Kier molecular flexibility index (Phi) is 7.52. The minimum Gasteiger partial charge on any atom is -0.444 e. The molecular formula is C24H36N4O3. The van der Waals surface area contributed by atoms with Crippen molar-refractivity contribution in [2.24, 2.45) is 5.92 Å². The SMILES string of the molecule is Cc1cc(C)n(Cc2ccc(C(=O)NC(C)(CNC(=O)OC(C)(C)C)C(C)C)cc2)n1. The van der Waals surface area contributed by atoms with E-state index in [9.17, 15) is 9.59 Å². The summed E-state index contributed by atoms with van der Waals surface area (Å²) < 4.78 is 7.25. The number of hydrogen-bond donors (Lipinski definition) is 2. The van der Waals surface area contributed by atoms with Gasteiger partial charge in [0.2, 0.25) is 0 Å². The zero-order valence-corrected chi connectivity index (χ0v) is 20.0. The number of carbonyl (C=O) groups is 2. The highest BCUT2D eigenvalue weighted by molar-refractivity contribution is 5.94. The van der Waals surface area contributed by atoms with Gasteiger partial charge in [-0.15, -0.1) is 0 Å². The Labute approximate surface area is 185 Å². The average Bonchev–Trinajstić information content (AvgIpc) is 2.96. The number of aryl methyl sites for hydroxylation is 2. The largest absolute Gasteiger partial charge is 0.444 e. The molecule has 0 bridgehead atoms. The Hall–Kier alpha value is -2.83. The lowest BCUT2D eigenvalue weighted by atomic mass is 9.88.